The lowest BCUT2D eigenvalue weighted by Crippen LogP contribution is -2.34. The van der Waals surface area contributed by atoms with E-state index in [-0.39, 0.29) is 11.8 Å². The largest absolute Gasteiger partial charge is 0.372 e. The average Bonchev–Trinajstić information content (AvgIpc) is 3.36. The van der Waals surface area contributed by atoms with Gasteiger partial charge in [-0.05, 0) is 56.5 Å². The van der Waals surface area contributed by atoms with E-state index < -0.39 is 0 Å². The first kappa shape index (κ1) is 19.2. The molecule has 2 aromatic rings. The molecule has 2 aliphatic rings. The average molecular weight is 389 g/mol. The van der Waals surface area contributed by atoms with Crippen LogP contribution in [0.3, 0.4) is 0 Å². The van der Waals surface area contributed by atoms with Crippen molar-refractivity contribution in [3.8, 4) is 0 Å². The summed E-state index contributed by atoms with van der Waals surface area (Å²) in [6, 6.07) is 17.3. The third-order valence-corrected chi connectivity index (χ3v) is 5.78. The van der Waals surface area contributed by atoms with Crippen LogP contribution in [-0.2, 0) is 9.59 Å². The van der Waals surface area contributed by atoms with Crippen LogP contribution in [0.1, 0.15) is 32.3 Å². The fourth-order valence-electron chi connectivity index (χ4n) is 4.25. The summed E-state index contributed by atoms with van der Waals surface area (Å²) in [4.78, 5) is 32.5. The zero-order valence-electron chi connectivity index (χ0n) is 17.1. The fraction of sp³-hybridized carbons (Fsp3) is 0.333. The van der Waals surface area contributed by atoms with Crippen LogP contribution in [-0.4, -0.2) is 42.9 Å². The lowest BCUT2D eigenvalue weighted by atomic mass is 10.0. The predicted molar refractivity (Wildman–Crippen MR) is 117 cm³/mol. The van der Waals surface area contributed by atoms with E-state index in [2.05, 4.69) is 23.6 Å². The van der Waals surface area contributed by atoms with Crippen LogP contribution in [0, 0.1) is 0 Å². The van der Waals surface area contributed by atoms with Crippen molar-refractivity contribution in [3.05, 3.63) is 65.9 Å². The van der Waals surface area contributed by atoms with E-state index in [0.29, 0.717) is 17.0 Å². The van der Waals surface area contributed by atoms with Gasteiger partial charge in [0.2, 0.25) is 0 Å². The maximum absolute atomic E-state index is 13.4. The number of anilines is 2. The molecule has 0 bridgehead atoms. The molecule has 4 rings (SSSR count). The summed E-state index contributed by atoms with van der Waals surface area (Å²) in [5.74, 6) is -0.454. The number of carbonyl (C=O) groups is 2. The van der Waals surface area contributed by atoms with Gasteiger partial charge in [0.05, 0.1) is 11.3 Å². The third kappa shape index (κ3) is 3.41. The van der Waals surface area contributed by atoms with Gasteiger partial charge in [0.15, 0.2) is 0 Å². The summed E-state index contributed by atoms with van der Waals surface area (Å²) in [7, 11) is 0. The molecule has 29 heavy (non-hydrogen) atoms. The van der Waals surface area contributed by atoms with Crippen LogP contribution in [0.15, 0.2) is 60.3 Å². The van der Waals surface area contributed by atoms with Gasteiger partial charge in [-0.15, -0.1) is 0 Å². The molecule has 1 fully saturated rings. The molecule has 2 aliphatic heterocycles. The van der Waals surface area contributed by atoms with Gasteiger partial charge in [-0.2, -0.15) is 0 Å². The summed E-state index contributed by atoms with van der Waals surface area (Å²) in [5.41, 5.74) is 3.58. The molecule has 2 aromatic carbocycles. The Morgan fingerprint density at radius 3 is 2.03 bits per heavy atom. The quantitative estimate of drug-likeness (QED) is 0.703. The number of benzene rings is 2. The van der Waals surface area contributed by atoms with Crippen LogP contribution in [0.5, 0.6) is 0 Å². The standard InChI is InChI=1S/C24H27N3O2/c1-3-25(4-2)19-12-14-20(15-13-19)27-23(28)21(18-10-6-5-7-11-18)22(24(27)29)26-16-8-9-17-26/h5-7,10-15H,3-4,8-9,16-17H2,1-2H3. The monoisotopic (exact) mass is 389 g/mol. The van der Waals surface area contributed by atoms with Crippen molar-refractivity contribution in [1.29, 1.82) is 0 Å². The normalized spacial score (nSPS) is 16.9. The molecule has 150 valence electrons. The van der Waals surface area contributed by atoms with E-state index in [1.54, 1.807) is 0 Å². The van der Waals surface area contributed by atoms with Gasteiger partial charge in [0, 0.05) is 31.9 Å². The maximum atomic E-state index is 13.4. The second kappa shape index (κ2) is 8.11. The van der Waals surface area contributed by atoms with Gasteiger partial charge in [-0.3, -0.25) is 9.59 Å². The molecule has 0 radical (unpaired) electrons. The minimum absolute atomic E-state index is 0.216. The van der Waals surface area contributed by atoms with Crippen molar-refractivity contribution in [2.24, 2.45) is 0 Å². The van der Waals surface area contributed by atoms with Crippen molar-refractivity contribution in [1.82, 2.24) is 4.90 Å². The van der Waals surface area contributed by atoms with E-state index in [1.807, 2.05) is 54.6 Å². The minimum atomic E-state index is -0.237. The number of rotatable bonds is 6. The number of amides is 2. The molecule has 0 aliphatic carbocycles. The molecule has 0 unspecified atom stereocenters. The SMILES string of the molecule is CCN(CC)c1ccc(N2C(=O)C(c3ccccc3)=C(N3CCCC3)C2=O)cc1. The Balaban J connectivity index is 1.72. The molecule has 0 saturated carbocycles. The summed E-state index contributed by atoms with van der Waals surface area (Å²) >= 11 is 0. The lowest BCUT2D eigenvalue weighted by molar-refractivity contribution is -0.120. The molecule has 5 heteroatoms. The van der Waals surface area contributed by atoms with Crippen molar-refractivity contribution in [2.75, 3.05) is 36.0 Å². The highest BCUT2D eigenvalue weighted by atomic mass is 16.2. The number of nitrogens with zero attached hydrogens (tertiary/aromatic N) is 3. The highest BCUT2D eigenvalue weighted by Crippen LogP contribution is 2.36. The summed E-state index contributed by atoms with van der Waals surface area (Å²) in [6.45, 7) is 7.69. The number of hydrogen-bond acceptors (Lipinski definition) is 4. The number of hydrogen-bond donors (Lipinski definition) is 0. The van der Waals surface area contributed by atoms with Crippen LogP contribution in [0.4, 0.5) is 11.4 Å². The molecule has 0 N–H and O–H groups in total. The predicted octanol–water partition coefficient (Wildman–Crippen LogP) is 3.91. The molecule has 0 spiro atoms. The Labute approximate surface area is 172 Å². The zero-order chi connectivity index (χ0) is 20.4. The van der Waals surface area contributed by atoms with Crippen molar-refractivity contribution in [2.45, 2.75) is 26.7 Å². The first-order valence-corrected chi connectivity index (χ1v) is 10.4. The molecule has 5 nitrogen and oxygen atoms in total. The molecular formula is C24H27N3O2. The highest BCUT2D eigenvalue weighted by Gasteiger charge is 2.42. The molecule has 1 saturated heterocycles. The van der Waals surface area contributed by atoms with Crippen LogP contribution in [0.25, 0.3) is 5.57 Å². The van der Waals surface area contributed by atoms with E-state index in [0.717, 1.165) is 50.3 Å². The van der Waals surface area contributed by atoms with Gasteiger partial charge in [0.25, 0.3) is 11.8 Å². The number of imide groups is 1. The summed E-state index contributed by atoms with van der Waals surface area (Å²) in [5, 5.41) is 0. The topological polar surface area (TPSA) is 43.9 Å². The molecule has 2 amide bonds. The van der Waals surface area contributed by atoms with Crippen molar-refractivity contribution >= 4 is 28.8 Å². The van der Waals surface area contributed by atoms with Gasteiger partial charge in [0.1, 0.15) is 5.70 Å². The molecule has 0 aromatic heterocycles. The first-order valence-electron chi connectivity index (χ1n) is 10.4. The first-order chi connectivity index (χ1) is 14.2. The van der Waals surface area contributed by atoms with Crippen LogP contribution in [0.2, 0.25) is 0 Å². The fourth-order valence-corrected chi connectivity index (χ4v) is 4.25. The summed E-state index contributed by atoms with van der Waals surface area (Å²) < 4.78 is 0. The van der Waals surface area contributed by atoms with Crippen molar-refractivity contribution in [3.63, 3.8) is 0 Å². The van der Waals surface area contributed by atoms with E-state index >= 15 is 0 Å². The Kier molecular flexibility index (Phi) is 5.38. The third-order valence-electron chi connectivity index (χ3n) is 5.78. The minimum Gasteiger partial charge on any atom is -0.372 e. The summed E-state index contributed by atoms with van der Waals surface area (Å²) in [6.07, 6.45) is 2.09. The van der Waals surface area contributed by atoms with Crippen LogP contribution < -0.4 is 9.80 Å². The highest BCUT2D eigenvalue weighted by molar-refractivity contribution is 6.45. The number of likely N-dealkylation sites (tertiary alicyclic amines) is 1. The Hall–Kier alpha value is -3.08. The van der Waals surface area contributed by atoms with Gasteiger partial charge >= 0.3 is 0 Å². The van der Waals surface area contributed by atoms with Gasteiger partial charge in [-0.25, -0.2) is 4.90 Å². The Morgan fingerprint density at radius 2 is 1.45 bits per heavy atom. The Morgan fingerprint density at radius 1 is 0.828 bits per heavy atom. The molecular weight excluding hydrogens is 362 g/mol. The molecule has 0 atom stereocenters. The van der Waals surface area contributed by atoms with Gasteiger partial charge < -0.3 is 9.80 Å². The van der Waals surface area contributed by atoms with E-state index in [4.69, 9.17) is 0 Å². The molecule has 2 heterocycles. The number of carbonyl (C=O) groups excluding carboxylic acids is 2. The lowest BCUT2D eigenvalue weighted by Gasteiger charge is -2.23. The van der Waals surface area contributed by atoms with Gasteiger partial charge in [-0.1, -0.05) is 30.3 Å². The second-order valence-corrected chi connectivity index (χ2v) is 7.42. The van der Waals surface area contributed by atoms with E-state index in [9.17, 15) is 9.59 Å². The second-order valence-electron chi connectivity index (χ2n) is 7.42. The zero-order valence-corrected chi connectivity index (χ0v) is 17.1. The smallest absolute Gasteiger partial charge is 0.282 e. The maximum Gasteiger partial charge on any atom is 0.282 e. The van der Waals surface area contributed by atoms with Crippen molar-refractivity contribution < 1.29 is 9.59 Å². The Bertz CT molecular complexity index is 924. The van der Waals surface area contributed by atoms with Crippen LogP contribution >= 0.6 is 0 Å². The van der Waals surface area contributed by atoms with E-state index in [1.165, 1.54) is 4.90 Å².